The third kappa shape index (κ3) is 3.80. The zero-order valence-corrected chi connectivity index (χ0v) is 10.6. The molecule has 0 saturated heterocycles. The molecule has 3 N–H and O–H groups in total. The van der Waals surface area contributed by atoms with E-state index in [0.29, 0.717) is 5.69 Å². The van der Waals surface area contributed by atoms with E-state index in [1.807, 2.05) is 19.1 Å². The predicted molar refractivity (Wildman–Crippen MR) is 70.9 cm³/mol. The first-order chi connectivity index (χ1) is 8.24. The fourth-order valence-electron chi connectivity index (χ4n) is 1.50. The van der Waals surface area contributed by atoms with Crippen LogP contribution in [0.25, 0.3) is 0 Å². The number of hydrogen-bond acceptors (Lipinski definition) is 5. The Morgan fingerprint density at radius 3 is 2.88 bits per heavy atom. The largest absolute Gasteiger partial charge is 0.397 e. The third-order valence-electron chi connectivity index (χ3n) is 2.38. The Bertz CT molecular complexity index is 464. The number of hydrogen-bond donors (Lipinski definition) is 2. The Balaban J connectivity index is 1.71. The molecular weight excluding hydrogens is 232 g/mol. The molecule has 4 nitrogen and oxygen atoms in total. The minimum atomic E-state index is 0.701. The second-order valence-electron chi connectivity index (χ2n) is 3.87. The van der Waals surface area contributed by atoms with Crippen LogP contribution < -0.4 is 11.1 Å². The van der Waals surface area contributed by atoms with Crippen LogP contribution in [0.5, 0.6) is 0 Å². The second kappa shape index (κ2) is 5.75. The van der Waals surface area contributed by atoms with E-state index in [2.05, 4.69) is 20.7 Å². The van der Waals surface area contributed by atoms with Crippen LogP contribution in [0.3, 0.4) is 0 Å². The maximum absolute atomic E-state index is 5.57. The summed E-state index contributed by atoms with van der Waals surface area (Å²) in [5.41, 5.74) is 8.44. The minimum absolute atomic E-state index is 0.701. The van der Waals surface area contributed by atoms with Crippen molar-refractivity contribution >= 4 is 17.0 Å². The van der Waals surface area contributed by atoms with Gasteiger partial charge in [0.2, 0.25) is 0 Å². The third-order valence-corrected chi connectivity index (χ3v) is 3.20. The molecular formula is C12H16N4S. The topological polar surface area (TPSA) is 63.8 Å². The van der Waals surface area contributed by atoms with Crippen LogP contribution in [0.4, 0.5) is 5.69 Å². The fraction of sp³-hybridized carbons (Fsp3) is 0.333. The van der Waals surface area contributed by atoms with E-state index in [1.165, 1.54) is 0 Å². The molecule has 0 unspecified atom stereocenters. The lowest BCUT2D eigenvalue weighted by Gasteiger charge is -2.03. The summed E-state index contributed by atoms with van der Waals surface area (Å²) in [6.07, 6.45) is 2.64. The lowest BCUT2D eigenvalue weighted by molar-refractivity contribution is 0.670. The number of anilines is 1. The van der Waals surface area contributed by atoms with Crippen molar-refractivity contribution in [2.24, 2.45) is 0 Å². The van der Waals surface area contributed by atoms with Gasteiger partial charge >= 0.3 is 0 Å². The molecule has 0 aliphatic rings. The Labute approximate surface area is 105 Å². The number of aromatic nitrogens is 2. The van der Waals surface area contributed by atoms with Gasteiger partial charge in [-0.1, -0.05) is 0 Å². The molecule has 0 saturated carbocycles. The standard InChI is InChI=1S/C12H16N4S/c1-9-16-12(8-17-9)4-5-14-7-11-3-2-10(13)6-15-11/h2-3,6,8,14H,4-5,7,13H2,1H3. The Kier molecular flexibility index (Phi) is 4.06. The number of pyridine rings is 1. The molecule has 0 radical (unpaired) electrons. The summed E-state index contributed by atoms with van der Waals surface area (Å²) >= 11 is 1.70. The lowest BCUT2D eigenvalue weighted by Crippen LogP contribution is -2.17. The molecule has 90 valence electrons. The van der Waals surface area contributed by atoms with Crippen LogP contribution in [0.2, 0.25) is 0 Å². The maximum Gasteiger partial charge on any atom is 0.0897 e. The molecule has 17 heavy (non-hydrogen) atoms. The van der Waals surface area contributed by atoms with Crippen molar-refractivity contribution in [3.8, 4) is 0 Å². The van der Waals surface area contributed by atoms with Crippen LogP contribution in [-0.2, 0) is 13.0 Å². The molecule has 0 fully saturated rings. The highest BCUT2D eigenvalue weighted by molar-refractivity contribution is 7.09. The molecule has 0 amide bonds. The molecule has 2 aromatic heterocycles. The van der Waals surface area contributed by atoms with Gasteiger partial charge in [0.15, 0.2) is 0 Å². The van der Waals surface area contributed by atoms with E-state index in [4.69, 9.17) is 5.73 Å². The monoisotopic (exact) mass is 248 g/mol. The van der Waals surface area contributed by atoms with Crippen molar-refractivity contribution in [1.29, 1.82) is 0 Å². The van der Waals surface area contributed by atoms with Gasteiger partial charge in [0.25, 0.3) is 0 Å². The summed E-state index contributed by atoms with van der Waals surface area (Å²) in [6.45, 7) is 3.71. The van der Waals surface area contributed by atoms with E-state index in [9.17, 15) is 0 Å². The molecule has 0 spiro atoms. The van der Waals surface area contributed by atoms with Gasteiger partial charge in [0.05, 0.1) is 28.3 Å². The number of nitrogens with one attached hydrogen (secondary N) is 1. The summed E-state index contributed by atoms with van der Waals surface area (Å²) in [7, 11) is 0. The number of thiazole rings is 1. The van der Waals surface area contributed by atoms with Crippen molar-refractivity contribution in [3.05, 3.63) is 40.1 Å². The average Bonchev–Trinajstić information content (AvgIpc) is 2.73. The minimum Gasteiger partial charge on any atom is -0.397 e. The number of nitrogens with two attached hydrogens (primary N) is 1. The highest BCUT2D eigenvalue weighted by Crippen LogP contribution is 2.07. The number of nitrogens with zero attached hydrogens (tertiary/aromatic N) is 2. The van der Waals surface area contributed by atoms with Gasteiger partial charge in [0.1, 0.15) is 0 Å². The zero-order chi connectivity index (χ0) is 12.1. The van der Waals surface area contributed by atoms with Crippen LogP contribution in [0.15, 0.2) is 23.7 Å². The molecule has 0 bridgehead atoms. The first-order valence-electron chi connectivity index (χ1n) is 5.56. The highest BCUT2D eigenvalue weighted by atomic mass is 32.1. The molecule has 0 aromatic carbocycles. The molecule has 0 aliphatic heterocycles. The molecule has 0 aliphatic carbocycles. The van der Waals surface area contributed by atoms with E-state index in [0.717, 1.165) is 35.9 Å². The Morgan fingerprint density at radius 1 is 1.35 bits per heavy atom. The molecule has 2 rings (SSSR count). The highest BCUT2D eigenvalue weighted by Gasteiger charge is 1.98. The van der Waals surface area contributed by atoms with E-state index >= 15 is 0 Å². The summed E-state index contributed by atoms with van der Waals surface area (Å²) in [5.74, 6) is 0. The van der Waals surface area contributed by atoms with Crippen LogP contribution in [0, 0.1) is 6.92 Å². The second-order valence-corrected chi connectivity index (χ2v) is 4.93. The summed E-state index contributed by atoms with van der Waals surface area (Å²) in [4.78, 5) is 8.64. The van der Waals surface area contributed by atoms with Gasteiger partial charge in [0, 0.05) is 24.9 Å². The van der Waals surface area contributed by atoms with Crippen molar-refractivity contribution in [2.45, 2.75) is 19.9 Å². The number of nitrogen functional groups attached to an aromatic ring is 1. The molecule has 2 heterocycles. The Morgan fingerprint density at radius 2 is 2.24 bits per heavy atom. The lowest BCUT2D eigenvalue weighted by atomic mass is 10.3. The first kappa shape index (κ1) is 12.0. The smallest absolute Gasteiger partial charge is 0.0897 e. The predicted octanol–water partition coefficient (Wildman–Crippen LogP) is 1.76. The van der Waals surface area contributed by atoms with Gasteiger partial charge < -0.3 is 11.1 Å². The van der Waals surface area contributed by atoms with E-state index in [-0.39, 0.29) is 0 Å². The van der Waals surface area contributed by atoms with Crippen LogP contribution in [-0.4, -0.2) is 16.5 Å². The van der Waals surface area contributed by atoms with Crippen molar-refractivity contribution < 1.29 is 0 Å². The van der Waals surface area contributed by atoms with Gasteiger partial charge in [-0.25, -0.2) is 4.98 Å². The first-order valence-corrected chi connectivity index (χ1v) is 6.44. The normalized spacial score (nSPS) is 10.6. The Hall–Kier alpha value is -1.46. The average molecular weight is 248 g/mol. The SMILES string of the molecule is Cc1nc(CCNCc2ccc(N)cn2)cs1. The summed E-state index contributed by atoms with van der Waals surface area (Å²) in [5, 5.41) is 6.57. The van der Waals surface area contributed by atoms with E-state index in [1.54, 1.807) is 17.5 Å². The summed E-state index contributed by atoms with van der Waals surface area (Å²) in [6, 6.07) is 3.81. The molecule has 2 aromatic rings. The zero-order valence-electron chi connectivity index (χ0n) is 9.81. The summed E-state index contributed by atoms with van der Waals surface area (Å²) < 4.78 is 0. The van der Waals surface area contributed by atoms with Crippen molar-refractivity contribution in [3.63, 3.8) is 0 Å². The van der Waals surface area contributed by atoms with Crippen molar-refractivity contribution in [2.75, 3.05) is 12.3 Å². The van der Waals surface area contributed by atoms with Gasteiger partial charge in [-0.3, -0.25) is 4.98 Å². The van der Waals surface area contributed by atoms with Crippen LogP contribution >= 0.6 is 11.3 Å². The maximum atomic E-state index is 5.57. The number of rotatable bonds is 5. The quantitative estimate of drug-likeness (QED) is 0.791. The fourth-order valence-corrected chi connectivity index (χ4v) is 2.14. The van der Waals surface area contributed by atoms with Crippen molar-refractivity contribution in [1.82, 2.24) is 15.3 Å². The van der Waals surface area contributed by atoms with E-state index < -0.39 is 0 Å². The van der Waals surface area contributed by atoms with Gasteiger partial charge in [-0.05, 0) is 19.1 Å². The van der Waals surface area contributed by atoms with Gasteiger partial charge in [-0.15, -0.1) is 11.3 Å². The van der Waals surface area contributed by atoms with Crippen LogP contribution in [0.1, 0.15) is 16.4 Å². The van der Waals surface area contributed by atoms with Gasteiger partial charge in [-0.2, -0.15) is 0 Å². The molecule has 5 heteroatoms. The molecule has 0 atom stereocenters. The number of aryl methyl sites for hydroxylation is 1.